The third kappa shape index (κ3) is 2.41. The zero-order valence-corrected chi connectivity index (χ0v) is 10.3. The van der Waals surface area contributed by atoms with Crippen LogP contribution in [0.15, 0.2) is 22.7 Å². The molecule has 4 nitrogen and oxygen atoms in total. The summed E-state index contributed by atoms with van der Waals surface area (Å²) < 4.78 is 10.7. The van der Waals surface area contributed by atoms with E-state index in [0.717, 1.165) is 34.0 Å². The van der Waals surface area contributed by atoms with Crippen molar-refractivity contribution in [3.8, 4) is 5.75 Å². The van der Waals surface area contributed by atoms with Crippen LogP contribution in [0.4, 0.5) is 5.69 Å². The van der Waals surface area contributed by atoms with Crippen molar-refractivity contribution in [2.75, 3.05) is 5.73 Å². The van der Waals surface area contributed by atoms with Crippen molar-refractivity contribution in [3.05, 3.63) is 40.8 Å². The van der Waals surface area contributed by atoms with Gasteiger partial charge in [-0.25, -0.2) is 0 Å². The highest BCUT2D eigenvalue weighted by atomic mass is 16.5. The zero-order valence-electron chi connectivity index (χ0n) is 10.3. The summed E-state index contributed by atoms with van der Waals surface area (Å²) >= 11 is 0. The molecule has 0 amide bonds. The van der Waals surface area contributed by atoms with Crippen LogP contribution in [0.25, 0.3) is 0 Å². The molecule has 0 aliphatic heterocycles. The third-order valence-corrected chi connectivity index (χ3v) is 2.82. The van der Waals surface area contributed by atoms with Gasteiger partial charge in [-0.3, -0.25) is 0 Å². The Bertz CT molecular complexity index is 513. The lowest BCUT2D eigenvalue weighted by Crippen LogP contribution is -1.99. The number of ether oxygens (including phenoxy) is 1. The summed E-state index contributed by atoms with van der Waals surface area (Å²) in [6, 6.07) is 5.68. The molecule has 0 unspecified atom stereocenters. The average Bonchev–Trinajstić information content (AvgIpc) is 2.61. The van der Waals surface area contributed by atoms with Crippen LogP contribution in [0.3, 0.4) is 0 Å². The second-order valence-corrected chi connectivity index (χ2v) is 4.11. The predicted molar refractivity (Wildman–Crippen MR) is 65.9 cm³/mol. The lowest BCUT2D eigenvalue weighted by atomic mass is 10.2. The maximum Gasteiger partial charge on any atom is 0.140 e. The lowest BCUT2D eigenvalue weighted by Gasteiger charge is -2.07. The summed E-state index contributed by atoms with van der Waals surface area (Å²) in [5.41, 5.74) is 9.46. The summed E-state index contributed by atoms with van der Waals surface area (Å²) in [6.45, 7) is 6.19. The molecule has 0 atom stereocenters. The van der Waals surface area contributed by atoms with Crippen LogP contribution < -0.4 is 10.5 Å². The number of aromatic nitrogens is 1. The topological polar surface area (TPSA) is 61.3 Å². The van der Waals surface area contributed by atoms with Crippen molar-refractivity contribution < 1.29 is 9.26 Å². The van der Waals surface area contributed by atoms with E-state index < -0.39 is 0 Å². The van der Waals surface area contributed by atoms with Crippen LogP contribution in [-0.2, 0) is 6.61 Å². The van der Waals surface area contributed by atoms with Crippen LogP contribution in [0.1, 0.15) is 22.6 Å². The molecule has 0 aliphatic carbocycles. The zero-order chi connectivity index (χ0) is 12.4. The van der Waals surface area contributed by atoms with E-state index in [1.54, 1.807) is 0 Å². The molecule has 1 aromatic heterocycles. The highest BCUT2D eigenvalue weighted by molar-refractivity contribution is 5.50. The first-order valence-electron chi connectivity index (χ1n) is 5.48. The van der Waals surface area contributed by atoms with Crippen LogP contribution in [0.2, 0.25) is 0 Å². The molecule has 0 fully saturated rings. The molecule has 17 heavy (non-hydrogen) atoms. The molecule has 2 aromatic rings. The molecule has 0 aliphatic rings. The number of rotatable bonds is 3. The summed E-state index contributed by atoms with van der Waals surface area (Å²) in [4.78, 5) is 0. The van der Waals surface area contributed by atoms with Gasteiger partial charge < -0.3 is 15.0 Å². The van der Waals surface area contributed by atoms with Crippen molar-refractivity contribution in [1.29, 1.82) is 0 Å². The smallest absolute Gasteiger partial charge is 0.140 e. The number of aryl methyl sites for hydroxylation is 3. The molecular formula is C13H16N2O2. The van der Waals surface area contributed by atoms with E-state index in [1.165, 1.54) is 0 Å². The molecule has 0 radical (unpaired) electrons. The maximum atomic E-state index is 5.82. The Balaban J connectivity index is 2.10. The van der Waals surface area contributed by atoms with Crippen LogP contribution in [-0.4, -0.2) is 5.16 Å². The molecule has 2 rings (SSSR count). The van der Waals surface area contributed by atoms with Crippen molar-refractivity contribution in [2.24, 2.45) is 0 Å². The number of hydrogen-bond acceptors (Lipinski definition) is 4. The van der Waals surface area contributed by atoms with E-state index in [4.69, 9.17) is 15.0 Å². The Labute approximate surface area is 100 Å². The first kappa shape index (κ1) is 11.5. The number of nitrogen functional groups attached to an aromatic ring is 1. The standard InChI is InChI=1S/C13H16N2O2/c1-8-4-5-11(6-13(8)14)16-7-12-9(2)15-17-10(12)3/h4-6H,7,14H2,1-3H3. The van der Waals surface area contributed by atoms with E-state index in [0.29, 0.717) is 6.61 Å². The van der Waals surface area contributed by atoms with Crippen molar-refractivity contribution in [1.82, 2.24) is 5.16 Å². The Morgan fingerprint density at radius 2 is 2.06 bits per heavy atom. The quantitative estimate of drug-likeness (QED) is 0.826. The lowest BCUT2D eigenvalue weighted by molar-refractivity contribution is 0.302. The fourth-order valence-corrected chi connectivity index (χ4v) is 1.57. The van der Waals surface area contributed by atoms with Gasteiger partial charge in [0.2, 0.25) is 0 Å². The second kappa shape index (κ2) is 4.49. The average molecular weight is 232 g/mol. The van der Waals surface area contributed by atoms with Gasteiger partial charge in [-0.05, 0) is 32.4 Å². The number of benzene rings is 1. The summed E-state index contributed by atoms with van der Waals surface area (Å²) in [5, 5.41) is 3.88. The van der Waals surface area contributed by atoms with Gasteiger partial charge in [0.15, 0.2) is 0 Å². The highest BCUT2D eigenvalue weighted by Crippen LogP contribution is 2.21. The van der Waals surface area contributed by atoms with Gasteiger partial charge in [0.1, 0.15) is 18.1 Å². The van der Waals surface area contributed by atoms with Crippen molar-refractivity contribution in [2.45, 2.75) is 27.4 Å². The highest BCUT2D eigenvalue weighted by Gasteiger charge is 2.09. The predicted octanol–water partition coefficient (Wildman–Crippen LogP) is 2.76. The van der Waals surface area contributed by atoms with E-state index in [1.807, 2.05) is 39.0 Å². The van der Waals surface area contributed by atoms with E-state index >= 15 is 0 Å². The maximum absolute atomic E-state index is 5.82. The molecule has 0 spiro atoms. The van der Waals surface area contributed by atoms with Gasteiger partial charge in [-0.1, -0.05) is 11.2 Å². The van der Waals surface area contributed by atoms with Gasteiger partial charge in [-0.2, -0.15) is 0 Å². The monoisotopic (exact) mass is 232 g/mol. The number of nitrogens with two attached hydrogens (primary N) is 1. The molecule has 1 heterocycles. The largest absolute Gasteiger partial charge is 0.489 e. The molecule has 0 saturated heterocycles. The molecule has 4 heteroatoms. The molecule has 0 saturated carbocycles. The molecule has 2 N–H and O–H groups in total. The number of nitrogens with zero attached hydrogens (tertiary/aromatic N) is 1. The van der Waals surface area contributed by atoms with Gasteiger partial charge in [0.25, 0.3) is 0 Å². The van der Waals surface area contributed by atoms with E-state index in [-0.39, 0.29) is 0 Å². The van der Waals surface area contributed by atoms with Crippen LogP contribution >= 0.6 is 0 Å². The summed E-state index contributed by atoms with van der Waals surface area (Å²) in [7, 11) is 0. The SMILES string of the molecule is Cc1ccc(OCc2c(C)noc2C)cc1N. The van der Waals surface area contributed by atoms with Crippen LogP contribution in [0, 0.1) is 20.8 Å². The summed E-state index contributed by atoms with van der Waals surface area (Å²) in [6.07, 6.45) is 0. The molecule has 90 valence electrons. The van der Waals surface area contributed by atoms with Gasteiger partial charge in [-0.15, -0.1) is 0 Å². The van der Waals surface area contributed by atoms with E-state index in [2.05, 4.69) is 5.16 Å². The Morgan fingerprint density at radius 3 is 2.65 bits per heavy atom. The first-order chi connectivity index (χ1) is 8.08. The van der Waals surface area contributed by atoms with E-state index in [9.17, 15) is 0 Å². The fraction of sp³-hybridized carbons (Fsp3) is 0.308. The second-order valence-electron chi connectivity index (χ2n) is 4.11. The Morgan fingerprint density at radius 1 is 1.29 bits per heavy atom. The Kier molecular flexibility index (Phi) is 3.04. The minimum absolute atomic E-state index is 0.448. The molecule has 0 bridgehead atoms. The van der Waals surface area contributed by atoms with Crippen molar-refractivity contribution in [3.63, 3.8) is 0 Å². The molecular weight excluding hydrogens is 216 g/mol. The Hall–Kier alpha value is -1.97. The number of anilines is 1. The minimum Gasteiger partial charge on any atom is -0.489 e. The molecule has 1 aromatic carbocycles. The van der Waals surface area contributed by atoms with Crippen LogP contribution in [0.5, 0.6) is 5.75 Å². The van der Waals surface area contributed by atoms with Crippen molar-refractivity contribution >= 4 is 5.69 Å². The summed E-state index contributed by atoms with van der Waals surface area (Å²) in [5.74, 6) is 1.55. The normalized spacial score (nSPS) is 10.5. The third-order valence-electron chi connectivity index (χ3n) is 2.82. The first-order valence-corrected chi connectivity index (χ1v) is 5.48. The number of hydrogen-bond donors (Lipinski definition) is 1. The minimum atomic E-state index is 0.448. The van der Waals surface area contributed by atoms with Gasteiger partial charge >= 0.3 is 0 Å². The fourth-order valence-electron chi connectivity index (χ4n) is 1.57. The van der Waals surface area contributed by atoms with Gasteiger partial charge in [0, 0.05) is 11.8 Å². The van der Waals surface area contributed by atoms with Gasteiger partial charge in [0.05, 0.1) is 11.3 Å².